The van der Waals surface area contributed by atoms with Crippen LogP contribution in [0.25, 0.3) is 10.6 Å². The number of nitrogens with zero attached hydrogens (tertiary/aromatic N) is 3. The summed E-state index contributed by atoms with van der Waals surface area (Å²) in [6.45, 7) is 0.380. The van der Waals surface area contributed by atoms with Gasteiger partial charge in [0.25, 0.3) is 0 Å². The summed E-state index contributed by atoms with van der Waals surface area (Å²) in [7, 11) is 0. The van der Waals surface area contributed by atoms with E-state index >= 15 is 0 Å². The van der Waals surface area contributed by atoms with Gasteiger partial charge in [-0.15, -0.1) is 16.4 Å². The average Bonchev–Trinajstić information content (AvgIpc) is 2.95. The van der Waals surface area contributed by atoms with Gasteiger partial charge in [-0.1, -0.05) is 41.9 Å². The summed E-state index contributed by atoms with van der Waals surface area (Å²) in [5.41, 5.74) is 1.99. The van der Waals surface area contributed by atoms with E-state index in [1.54, 1.807) is 17.4 Å². The molecule has 0 bridgehead atoms. The van der Waals surface area contributed by atoms with Crippen molar-refractivity contribution in [2.75, 3.05) is 0 Å². The van der Waals surface area contributed by atoms with Crippen LogP contribution in [0.4, 0.5) is 0 Å². The Hall–Kier alpha value is -0.980. The number of hydrogen-bond donors (Lipinski definition) is 0. The van der Waals surface area contributed by atoms with Crippen LogP contribution in [0.3, 0.4) is 0 Å². The number of halogens is 1. The predicted octanol–water partition coefficient (Wildman–Crippen LogP) is 3.18. The van der Waals surface area contributed by atoms with Gasteiger partial charge in [0.2, 0.25) is 0 Å². The Bertz CT molecular complexity index is 708. The zero-order valence-corrected chi connectivity index (χ0v) is 11.9. The minimum absolute atomic E-state index is 0. The first kappa shape index (κ1) is 16.4. The summed E-state index contributed by atoms with van der Waals surface area (Å²) in [4.78, 5) is 4.54. The summed E-state index contributed by atoms with van der Waals surface area (Å²) < 4.78 is 5.58. The van der Waals surface area contributed by atoms with Crippen LogP contribution < -0.4 is 4.74 Å². The summed E-state index contributed by atoms with van der Waals surface area (Å²) in [6.07, 6.45) is 1.52. The molecule has 0 atom stereocenters. The van der Waals surface area contributed by atoms with Crippen molar-refractivity contribution in [1.82, 2.24) is 15.2 Å². The van der Waals surface area contributed by atoms with E-state index in [4.69, 9.17) is 16.3 Å². The number of ether oxygens (including phenoxy) is 1. The molecular weight excluding hydrogens is 317 g/mol. The molecule has 0 amide bonds. The fourth-order valence-corrected chi connectivity index (χ4v) is 2.61. The van der Waals surface area contributed by atoms with Crippen LogP contribution >= 0.6 is 22.9 Å². The van der Waals surface area contributed by atoms with Gasteiger partial charge in [0, 0.05) is 17.0 Å². The van der Waals surface area contributed by atoms with Crippen molar-refractivity contribution in [3.05, 3.63) is 58.8 Å². The SMILES string of the molecule is Clc1cc(OCc2csc(-c3ccccc3)n2)cnn1.[NaH]. The minimum atomic E-state index is 0. The first-order chi connectivity index (χ1) is 9.81. The molecule has 1 aromatic carbocycles. The fraction of sp³-hybridized carbons (Fsp3) is 0.0714. The summed E-state index contributed by atoms with van der Waals surface area (Å²) in [5, 5.41) is 10.7. The monoisotopic (exact) mass is 327 g/mol. The van der Waals surface area contributed by atoms with Crippen molar-refractivity contribution in [2.45, 2.75) is 6.61 Å². The molecule has 2 aromatic heterocycles. The third-order valence-electron chi connectivity index (χ3n) is 2.56. The molecule has 0 fully saturated rings. The van der Waals surface area contributed by atoms with E-state index in [2.05, 4.69) is 15.2 Å². The zero-order valence-electron chi connectivity index (χ0n) is 10.4. The van der Waals surface area contributed by atoms with Crippen LogP contribution in [-0.2, 0) is 6.61 Å². The van der Waals surface area contributed by atoms with Crippen LogP contribution in [-0.4, -0.2) is 44.7 Å². The van der Waals surface area contributed by atoms with Gasteiger partial charge in [-0.05, 0) is 0 Å². The Balaban J connectivity index is 0.00000161. The Morgan fingerprint density at radius 2 is 2.00 bits per heavy atom. The molecule has 102 valence electrons. The van der Waals surface area contributed by atoms with Crippen LogP contribution in [0.2, 0.25) is 5.15 Å². The Morgan fingerprint density at radius 1 is 1.19 bits per heavy atom. The molecule has 0 aliphatic carbocycles. The van der Waals surface area contributed by atoms with Crippen LogP contribution in [0.5, 0.6) is 5.75 Å². The normalized spacial score (nSPS) is 9.95. The second-order valence-corrected chi connectivity index (χ2v) is 5.26. The van der Waals surface area contributed by atoms with E-state index in [1.807, 2.05) is 35.7 Å². The maximum atomic E-state index is 5.74. The Labute approximate surface area is 153 Å². The van der Waals surface area contributed by atoms with Gasteiger partial charge in [-0.2, -0.15) is 5.10 Å². The summed E-state index contributed by atoms with van der Waals surface area (Å²) in [6, 6.07) is 11.7. The zero-order chi connectivity index (χ0) is 13.8. The molecule has 7 heteroatoms. The van der Waals surface area contributed by atoms with Crippen molar-refractivity contribution >= 4 is 52.5 Å². The fourth-order valence-electron chi connectivity index (χ4n) is 1.65. The molecule has 0 aliphatic rings. The molecule has 0 spiro atoms. The van der Waals surface area contributed by atoms with Crippen LogP contribution in [0.15, 0.2) is 48.0 Å². The van der Waals surface area contributed by atoms with E-state index in [9.17, 15) is 0 Å². The van der Waals surface area contributed by atoms with E-state index in [0.29, 0.717) is 17.5 Å². The second-order valence-electron chi connectivity index (χ2n) is 4.01. The predicted molar refractivity (Wildman–Crippen MR) is 86.1 cm³/mol. The quantitative estimate of drug-likeness (QED) is 0.690. The number of benzene rings is 1. The van der Waals surface area contributed by atoms with E-state index < -0.39 is 0 Å². The van der Waals surface area contributed by atoms with Gasteiger partial charge in [-0.25, -0.2) is 4.98 Å². The average molecular weight is 328 g/mol. The number of aromatic nitrogens is 3. The molecule has 0 N–H and O–H groups in total. The number of thiazole rings is 1. The number of rotatable bonds is 4. The summed E-state index contributed by atoms with van der Waals surface area (Å²) in [5.74, 6) is 0.583. The molecule has 0 unspecified atom stereocenters. The van der Waals surface area contributed by atoms with Crippen molar-refractivity contribution in [2.24, 2.45) is 0 Å². The first-order valence-corrected chi connectivity index (χ1v) is 7.18. The van der Waals surface area contributed by atoms with Crippen molar-refractivity contribution < 1.29 is 4.74 Å². The van der Waals surface area contributed by atoms with Gasteiger partial charge in [-0.3, -0.25) is 0 Å². The van der Waals surface area contributed by atoms with E-state index in [-0.39, 0.29) is 29.6 Å². The van der Waals surface area contributed by atoms with Gasteiger partial charge in [0.05, 0.1) is 11.9 Å². The maximum absolute atomic E-state index is 5.74. The van der Waals surface area contributed by atoms with E-state index in [1.165, 1.54) is 6.20 Å². The topological polar surface area (TPSA) is 47.9 Å². The molecule has 4 nitrogen and oxygen atoms in total. The molecule has 0 saturated heterocycles. The molecule has 0 aliphatic heterocycles. The molecule has 0 saturated carbocycles. The molecule has 2 heterocycles. The van der Waals surface area contributed by atoms with E-state index in [0.717, 1.165) is 16.3 Å². The van der Waals surface area contributed by atoms with Crippen LogP contribution in [0.1, 0.15) is 5.69 Å². The van der Waals surface area contributed by atoms with Gasteiger partial charge >= 0.3 is 29.6 Å². The second kappa shape index (κ2) is 7.87. The third-order valence-corrected chi connectivity index (χ3v) is 3.68. The molecule has 3 rings (SSSR count). The van der Waals surface area contributed by atoms with Crippen molar-refractivity contribution in [1.29, 1.82) is 0 Å². The molecule has 0 radical (unpaired) electrons. The molecule has 21 heavy (non-hydrogen) atoms. The van der Waals surface area contributed by atoms with Gasteiger partial charge < -0.3 is 4.74 Å². The van der Waals surface area contributed by atoms with Crippen molar-refractivity contribution in [3.8, 4) is 16.3 Å². The molecular formula is C14H11ClN3NaOS. The van der Waals surface area contributed by atoms with Gasteiger partial charge in [0.1, 0.15) is 17.4 Å². The third kappa shape index (κ3) is 4.49. The van der Waals surface area contributed by atoms with Gasteiger partial charge in [0.15, 0.2) is 5.15 Å². The summed E-state index contributed by atoms with van der Waals surface area (Å²) >= 11 is 7.34. The Kier molecular flexibility index (Phi) is 6.14. The standard InChI is InChI=1S/C14H10ClN3OS.Na.H/c15-13-6-12(7-16-18-13)19-8-11-9-20-14(17-11)10-4-2-1-3-5-10;;/h1-7,9H,8H2;;. The van der Waals surface area contributed by atoms with Crippen LogP contribution in [0, 0.1) is 0 Å². The first-order valence-electron chi connectivity index (χ1n) is 5.92. The Morgan fingerprint density at radius 3 is 2.76 bits per heavy atom. The van der Waals surface area contributed by atoms with Crippen molar-refractivity contribution in [3.63, 3.8) is 0 Å². The number of hydrogen-bond acceptors (Lipinski definition) is 5. The molecule has 3 aromatic rings.